The maximum absolute atomic E-state index is 12.9. The van der Waals surface area contributed by atoms with E-state index in [0.717, 1.165) is 17.2 Å². The smallest absolute Gasteiger partial charge is 0.366 e. The summed E-state index contributed by atoms with van der Waals surface area (Å²) in [5, 5.41) is 5.72. The van der Waals surface area contributed by atoms with Gasteiger partial charge in [0.1, 0.15) is 5.82 Å². The van der Waals surface area contributed by atoms with Gasteiger partial charge in [-0.3, -0.25) is 0 Å². The zero-order valence-electron chi connectivity index (χ0n) is 13.2. The fourth-order valence-corrected chi connectivity index (χ4v) is 1.90. The lowest BCUT2D eigenvalue weighted by molar-refractivity contribution is -0.141. The van der Waals surface area contributed by atoms with Crippen molar-refractivity contribution in [2.24, 2.45) is 0 Å². The number of aromatic nitrogens is 2. The molecule has 0 unspecified atom stereocenters. The Morgan fingerprint density at radius 2 is 1.74 bits per heavy atom. The molecule has 7 heteroatoms. The highest BCUT2D eigenvalue weighted by molar-refractivity contribution is 5.44. The Kier molecular flexibility index (Phi) is 5.08. The lowest BCUT2D eigenvalue weighted by Crippen LogP contribution is -2.17. The van der Waals surface area contributed by atoms with Crippen molar-refractivity contribution in [2.45, 2.75) is 39.5 Å². The van der Waals surface area contributed by atoms with E-state index in [2.05, 4.69) is 20.6 Å². The molecule has 0 aliphatic rings. The standard InChI is InChI=1S/C16H19F3N4/c1-10(2)21-15-22-13(16(17,18)19)8-14(23-15)20-9-12-6-4-11(3)5-7-12/h4-8,10H,9H2,1-3H3,(H2,20,21,22,23). The van der Waals surface area contributed by atoms with Crippen molar-refractivity contribution in [1.29, 1.82) is 0 Å². The summed E-state index contributed by atoms with van der Waals surface area (Å²) in [5.74, 6) is 0.0947. The summed E-state index contributed by atoms with van der Waals surface area (Å²) < 4.78 is 38.8. The molecule has 2 rings (SSSR count). The third kappa shape index (κ3) is 5.12. The zero-order chi connectivity index (χ0) is 17.0. The number of aryl methyl sites for hydroxylation is 1. The largest absolute Gasteiger partial charge is 0.433 e. The quantitative estimate of drug-likeness (QED) is 0.864. The molecular weight excluding hydrogens is 305 g/mol. The monoisotopic (exact) mass is 324 g/mol. The molecule has 2 aromatic rings. The second-order valence-corrected chi connectivity index (χ2v) is 5.60. The first-order valence-electron chi connectivity index (χ1n) is 7.26. The van der Waals surface area contributed by atoms with Gasteiger partial charge in [0.25, 0.3) is 0 Å². The van der Waals surface area contributed by atoms with E-state index >= 15 is 0 Å². The molecule has 0 spiro atoms. The molecule has 4 nitrogen and oxygen atoms in total. The molecule has 0 atom stereocenters. The number of halogens is 3. The van der Waals surface area contributed by atoms with Crippen LogP contribution in [0.2, 0.25) is 0 Å². The number of alkyl halides is 3. The number of nitrogens with zero attached hydrogens (tertiary/aromatic N) is 2. The Morgan fingerprint density at radius 3 is 2.30 bits per heavy atom. The number of rotatable bonds is 5. The van der Waals surface area contributed by atoms with Crippen LogP contribution >= 0.6 is 0 Å². The second kappa shape index (κ2) is 6.85. The van der Waals surface area contributed by atoms with E-state index < -0.39 is 11.9 Å². The van der Waals surface area contributed by atoms with E-state index in [4.69, 9.17) is 0 Å². The number of benzene rings is 1. The van der Waals surface area contributed by atoms with Crippen molar-refractivity contribution in [3.8, 4) is 0 Å². The fraction of sp³-hybridized carbons (Fsp3) is 0.375. The van der Waals surface area contributed by atoms with Crippen LogP contribution in [0.4, 0.5) is 24.9 Å². The lowest BCUT2D eigenvalue weighted by Gasteiger charge is -2.14. The molecule has 1 heterocycles. The molecule has 0 aliphatic carbocycles. The number of nitrogens with one attached hydrogen (secondary N) is 2. The average molecular weight is 324 g/mol. The maximum atomic E-state index is 12.9. The van der Waals surface area contributed by atoms with Crippen molar-refractivity contribution in [3.05, 3.63) is 47.2 Å². The third-order valence-electron chi connectivity index (χ3n) is 3.03. The highest BCUT2D eigenvalue weighted by atomic mass is 19.4. The summed E-state index contributed by atoms with van der Waals surface area (Å²) in [6.07, 6.45) is -4.52. The lowest BCUT2D eigenvalue weighted by atomic mass is 10.1. The van der Waals surface area contributed by atoms with E-state index in [1.54, 1.807) is 0 Å². The van der Waals surface area contributed by atoms with Crippen LogP contribution in [-0.4, -0.2) is 16.0 Å². The van der Waals surface area contributed by atoms with Crippen LogP contribution < -0.4 is 10.6 Å². The summed E-state index contributed by atoms with van der Waals surface area (Å²) in [7, 11) is 0. The molecule has 23 heavy (non-hydrogen) atoms. The molecule has 0 bridgehead atoms. The molecule has 124 valence electrons. The van der Waals surface area contributed by atoms with Gasteiger partial charge in [-0.05, 0) is 26.3 Å². The first-order valence-corrected chi connectivity index (χ1v) is 7.26. The van der Waals surface area contributed by atoms with Crippen LogP contribution in [-0.2, 0) is 12.7 Å². The van der Waals surface area contributed by atoms with Crippen molar-refractivity contribution in [3.63, 3.8) is 0 Å². The van der Waals surface area contributed by atoms with Crippen LogP contribution in [0.5, 0.6) is 0 Å². The van der Waals surface area contributed by atoms with Gasteiger partial charge in [-0.2, -0.15) is 18.2 Å². The molecule has 1 aromatic heterocycles. The number of anilines is 2. The molecule has 0 fully saturated rings. The van der Waals surface area contributed by atoms with E-state index in [1.165, 1.54) is 0 Å². The van der Waals surface area contributed by atoms with Gasteiger partial charge in [0.05, 0.1) is 0 Å². The number of hydrogen-bond acceptors (Lipinski definition) is 4. The highest BCUT2D eigenvalue weighted by Gasteiger charge is 2.33. The Balaban J connectivity index is 2.20. The minimum atomic E-state index is -4.52. The molecule has 0 amide bonds. The van der Waals surface area contributed by atoms with Gasteiger partial charge in [-0.1, -0.05) is 29.8 Å². The first kappa shape index (κ1) is 17.1. The topological polar surface area (TPSA) is 49.8 Å². The zero-order valence-corrected chi connectivity index (χ0v) is 13.2. The second-order valence-electron chi connectivity index (χ2n) is 5.60. The molecule has 0 radical (unpaired) electrons. The summed E-state index contributed by atoms with van der Waals surface area (Å²) in [5.41, 5.74) is 1.11. The fourth-order valence-electron chi connectivity index (χ4n) is 1.90. The Hall–Kier alpha value is -2.31. The van der Waals surface area contributed by atoms with Crippen molar-refractivity contribution in [1.82, 2.24) is 9.97 Å². The van der Waals surface area contributed by atoms with E-state index in [1.807, 2.05) is 45.0 Å². The van der Waals surface area contributed by atoms with Gasteiger partial charge in [-0.25, -0.2) is 4.98 Å². The summed E-state index contributed by atoms with van der Waals surface area (Å²) in [6, 6.07) is 8.58. The SMILES string of the molecule is Cc1ccc(CNc2cc(C(F)(F)F)nc(NC(C)C)n2)cc1. The minimum Gasteiger partial charge on any atom is -0.366 e. The summed E-state index contributed by atoms with van der Waals surface area (Å²) in [4.78, 5) is 7.61. The predicted octanol–water partition coefficient (Wildman–Crippen LogP) is 4.24. The molecule has 0 saturated carbocycles. The minimum absolute atomic E-state index is 0.0405. The van der Waals surface area contributed by atoms with E-state index in [0.29, 0.717) is 6.54 Å². The van der Waals surface area contributed by atoms with E-state index in [-0.39, 0.29) is 17.8 Å². The van der Waals surface area contributed by atoms with Crippen LogP contribution in [0.1, 0.15) is 30.7 Å². The number of hydrogen-bond donors (Lipinski definition) is 2. The predicted molar refractivity (Wildman–Crippen MR) is 84.3 cm³/mol. The van der Waals surface area contributed by atoms with Crippen LogP contribution in [0.15, 0.2) is 30.3 Å². The maximum Gasteiger partial charge on any atom is 0.433 e. The van der Waals surface area contributed by atoms with Gasteiger partial charge >= 0.3 is 6.18 Å². The molecule has 0 aliphatic heterocycles. The van der Waals surface area contributed by atoms with Gasteiger partial charge in [0.2, 0.25) is 5.95 Å². The van der Waals surface area contributed by atoms with Crippen LogP contribution in [0.25, 0.3) is 0 Å². The first-order chi connectivity index (χ1) is 10.7. The Labute approximate surface area is 133 Å². The van der Waals surface area contributed by atoms with Crippen LogP contribution in [0.3, 0.4) is 0 Å². The summed E-state index contributed by atoms with van der Waals surface area (Å²) >= 11 is 0. The van der Waals surface area contributed by atoms with Gasteiger partial charge in [0.15, 0.2) is 5.69 Å². The third-order valence-corrected chi connectivity index (χ3v) is 3.03. The van der Waals surface area contributed by atoms with E-state index in [9.17, 15) is 13.2 Å². The Morgan fingerprint density at radius 1 is 1.09 bits per heavy atom. The van der Waals surface area contributed by atoms with Gasteiger partial charge < -0.3 is 10.6 Å². The molecule has 0 saturated heterocycles. The molecule has 2 N–H and O–H groups in total. The highest BCUT2D eigenvalue weighted by Crippen LogP contribution is 2.29. The van der Waals surface area contributed by atoms with Crippen molar-refractivity contribution < 1.29 is 13.2 Å². The van der Waals surface area contributed by atoms with Crippen molar-refractivity contribution >= 4 is 11.8 Å². The normalized spacial score (nSPS) is 11.6. The Bertz CT molecular complexity index is 651. The average Bonchev–Trinajstić information content (AvgIpc) is 2.45. The summed E-state index contributed by atoms with van der Waals surface area (Å²) in [6.45, 7) is 5.98. The molecule has 1 aromatic carbocycles. The van der Waals surface area contributed by atoms with Gasteiger partial charge in [0, 0.05) is 18.7 Å². The van der Waals surface area contributed by atoms with Crippen molar-refractivity contribution in [2.75, 3.05) is 10.6 Å². The van der Waals surface area contributed by atoms with Crippen LogP contribution in [0, 0.1) is 6.92 Å². The molecular formula is C16H19F3N4. The van der Waals surface area contributed by atoms with Gasteiger partial charge in [-0.15, -0.1) is 0 Å².